The van der Waals surface area contributed by atoms with Gasteiger partial charge in [-0.3, -0.25) is 4.90 Å². The molecule has 1 aliphatic carbocycles. The second kappa shape index (κ2) is 8.35. The molecule has 0 radical (unpaired) electrons. The van der Waals surface area contributed by atoms with Crippen molar-refractivity contribution in [1.29, 1.82) is 0 Å². The van der Waals surface area contributed by atoms with E-state index in [1.54, 1.807) is 0 Å². The molecular formula is C17H35N3. The molecule has 1 saturated carbocycles. The van der Waals surface area contributed by atoms with E-state index in [9.17, 15) is 0 Å². The number of rotatable bonds is 6. The molecule has 0 aromatic rings. The number of hydrogen-bond acceptors (Lipinski definition) is 3. The minimum absolute atomic E-state index is 0.765. The molecule has 3 heteroatoms. The van der Waals surface area contributed by atoms with Crippen LogP contribution in [0.25, 0.3) is 0 Å². The van der Waals surface area contributed by atoms with Gasteiger partial charge in [0.2, 0.25) is 0 Å². The van der Waals surface area contributed by atoms with Gasteiger partial charge < -0.3 is 10.2 Å². The van der Waals surface area contributed by atoms with Crippen LogP contribution in [-0.4, -0.2) is 61.2 Å². The summed E-state index contributed by atoms with van der Waals surface area (Å²) >= 11 is 0. The van der Waals surface area contributed by atoms with Crippen LogP contribution in [0, 0.1) is 5.92 Å². The molecular weight excluding hydrogens is 246 g/mol. The summed E-state index contributed by atoms with van der Waals surface area (Å²) < 4.78 is 0. The highest BCUT2D eigenvalue weighted by molar-refractivity contribution is 4.85. The molecule has 2 rings (SSSR count). The van der Waals surface area contributed by atoms with Crippen molar-refractivity contribution >= 4 is 0 Å². The molecule has 0 spiro atoms. The molecule has 3 atom stereocenters. The Morgan fingerprint density at radius 3 is 2.40 bits per heavy atom. The highest BCUT2D eigenvalue weighted by Crippen LogP contribution is 2.25. The predicted octanol–water partition coefficient (Wildman–Crippen LogP) is 2.57. The van der Waals surface area contributed by atoms with Gasteiger partial charge in [-0.15, -0.1) is 0 Å². The molecule has 0 aromatic heterocycles. The largest absolute Gasteiger partial charge is 0.314 e. The molecule has 0 aromatic carbocycles. The monoisotopic (exact) mass is 281 g/mol. The standard InChI is InChI=1S/C17H35N3/c1-4-15(3)20-12-10-19(11-13-20)14-16-8-6-7-9-17(16)18-5-2/h15-18H,4-14H2,1-3H3. The lowest BCUT2D eigenvalue weighted by molar-refractivity contribution is 0.0780. The molecule has 1 saturated heterocycles. The van der Waals surface area contributed by atoms with Crippen molar-refractivity contribution < 1.29 is 0 Å². The van der Waals surface area contributed by atoms with Gasteiger partial charge in [0, 0.05) is 44.8 Å². The van der Waals surface area contributed by atoms with Crippen molar-refractivity contribution in [1.82, 2.24) is 15.1 Å². The van der Waals surface area contributed by atoms with Crippen molar-refractivity contribution in [3.8, 4) is 0 Å². The Morgan fingerprint density at radius 1 is 1.05 bits per heavy atom. The zero-order chi connectivity index (χ0) is 14.4. The highest BCUT2D eigenvalue weighted by Gasteiger charge is 2.28. The quantitative estimate of drug-likeness (QED) is 0.807. The molecule has 1 heterocycles. The third kappa shape index (κ3) is 4.44. The van der Waals surface area contributed by atoms with Gasteiger partial charge in [0.1, 0.15) is 0 Å². The Labute approximate surface area is 126 Å². The van der Waals surface area contributed by atoms with Crippen LogP contribution in [0.4, 0.5) is 0 Å². The first-order valence-corrected chi connectivity index (χ1v) is 8.94. The summed E-state index contributed by atoms with van der Waals surface area (Å²) in [6.07, 6.45) is 6.98. The normalized spacial score (nSPS) is 31.4. The smallest absolute Gasteiger partial charge is 0.0113 e. The van der Waals surface area contributed by atoms with E-state index in [-0.39, 0.29) is 0 Å². The maximum atomic E-state index is 3.72. The molecule has 2 aliphatic rings. The third-order valence-corrected chi connectivity index (χ3v) is 5.49. The maximum Gasteiger partial charge on any atom is 0.0113 e. The third-order valence-electron chi connectivity index (χ3n) is 5.49. The molecule has 0 amide bonds. The van der Waals surface area contributed by atoms with Gasteiger partial charge in [-0.1, -0.05) is 26.7 Å². The van der Waals surface area contributed by atoms with Gasteiger partial charge in [-0.25, -0.2) is 0 Å². The van der Waals surface area contributed by atoms with Gasteiger partial charge in [-0.2, -0.15) is 0 Å². The maximum absolute atomic E-state index is 3.72. The van der Waals surface area contributed by atoms with E-state index >= 15 is 0 Å². The first-order chi connectivity index (χ1) is 9.74. The van der Waals surface area contributed by atoms with Gasteiger partial charge in [0.15, 0.2) is 0 Å². The molecule has 1 N–H and O–H groups in total. The summed E-state index contributed by atoms with van der Waals surface area (Å²) in [5.41, 5.74) is 0. The fourth-order valence-electron chi connectivity index (χ4n) is 3.93. The van der Waals surface area contributed by atoms with E-state index in [0.29, 0.717) is 0 Å². The number of hydrogen-bond donors (Lipinski definition) is 1. The van der Waals surface area contributed by atoms with Crippen LogP contribution in [0.2, 0.25) is 0 Å². The van der Waals surface area contributed by atoms with Crippen LogP contribution in [0.1, 0.15) is 52.9 Å². The average Bonchev–Trinajstić information content (AvgIpc) is 2.49. The molecule has 2 fully saturated rings. The second-order valence-corrected chi connectivity index (χ2v) is 6.80. The van der Waals surface area contributed by atoms with E-state index in [2.05, 4.69) is 35.9 Å². The van der Waals surface area contributed by atoms with E-state index < -0.39 is 0 Å². The first kappa shape index (κ1) is 16.3. The summed E-state index contributed by atoms with van der Waals surface area (Å²) in [7, 11) is 0. The molecule has 118 valence electrons. The summed E-state index contributed by atoms with van der Waals surface area (Å²) in [4.78, 5) is 5.39. The van der Waals surface area contributed by atoms with Gasteiger partial charge >= 0.3 is 0 Å². The summed E-state index contributed by atoms with van der Waals surface area (Å²) in [5.74, 6) is 0.888. The minimum Gasteiger partial charge on any atom is -0.314 e. The van der Waals surface area contributed by atoms with Gasteiger partial charge in [-0.05, 0) is 38.6 Å². The Hall–Kier alpha value is -0.120. The minimum atomic E-state index is 0.765. The number of nitrogens with one attached hydrogen (secondary N) is 1. The van der Waals surface area contributed by atoms with Crippen molar-refractivity contribution in [2.45, 2.75) is 65.0 Å². The van der Waals surface area contributed by atoms with Crippen LogP contribution in [0.5, 0.6) is 0 Å². The van der Waals surface area contributed by atoms with E-state index in [1.807, 2.05) is 0 Å². The number of nitrogens with zero attached hydrogens (tertiary/aromatic N) is 2. The molecule has 0 bridgehead atoms. The Balaban J connectivity index is 1.76. The average molecular weight is 281 g/mol. The van der Waals surface area contributed by atoms with Crippen LogP contribution in [-0.2, 0) is 0 Å². The molecule has 1 aliphatic heterocycles. The molecule has 20 heavy (non-hydrogen) atoms. The predicted molar refractivity (Wildman–Crippen MR) is 87.2 cm³/mol. The SMILES string of the molecule is CCNC1CCCCC1CN1CCN(C(C)CC)CC1. The zero-order valence-electron chi connectivity index (χ0n) is 13.9. The van der Waals surface area contributed by atoms with Crippen molar-refractivity contribution in [3.05, 3.63) is 0 Å². The Kier molecular flexibility index (Phi) is 6.79. The molecule has 3 nitrogen and oxygen atoms in total. The zero-order valence-corrected chi connectivity index (χ0v) is 13.9. The van der Waals surface area contributed by atoms with Gasteiger partial charge in [0.05, 0.1) is 0 Å². The van der Waals surface area contributed by atoms with E-state index in [0.717, 1.165) is 24.5 Å². The van der Waals surface area contributed by atoms with Crippen LogP contribution in [0.15, 0.2) is 0 Å². The van der Waals surface area contributed by atoms with Gasteiger partial charge in [0.25, 0.3) is 0 Å². The summed E-state index contributed by atoms with van der Waals surface area (Å²) in [6, 6.07) is 1.54. The lowest BCUT2D eigenvalue weighted by Crippen LogP contribution is -2.52. The molecule has 3 unspecified atom stereocenters. The Bertz CT molecular complexity index is 259. The van der Waals surface area contributed by atoms with Crippen LogP contribution in [0.3, 0.4) is 0 Å². The second-order valence-electron chi connectivity index (χ2n) is 6.80. The fourth-order valence-corrected chi connectivity index (χ4v) is 3.93. The fraction of sp³-hybridized carbons (Fsp3) is 1.00. The van der Waals surface area contributed by atoms with Crippen LogP contribution >= 0.6 is 0 Å². The number of piperazine rings is 1. The van der Waals surface area contributed by atoms with E-state index in [1.165, 1.54) is 64.8 Å². The van der Waals surface area contributed by atoms with E-state index in [4.69, 9.17) is 0 Å². The lowest BCUT2D eigenvalue weighted by Gasteiger charge is -2.41. The van der Waals surface area contributed by atoms with Crippen LogP contribution < -0.4 is 5.32 Å². The lowest BCUT2D eigenvalue weighted by atomic mass is 9.84. The Morgan fingerprint density at radius 2 is 1.75 bits per heavy atom. The summed E-state index contributed by atoms with van der Waals surface area (Å²) in [5, 5.41) is 3.72. The first-order valence-electron chi connectivity index (χ1n) is 8.94. The topological polar surface area (TPSA) is 18.5 Å². The van der Waals surface area contributed by atoms with Crippen molar-refractivity contribution in [2.24, 2.45) is 5.92 Å². The van der Waals surface area contributed by atoms with Crippen molar-refractivity contribution in [3.63, 3.8) is 0 Å². The van der Waals surface area contributed by atoms with Crippen molar-refractivity contribution in [2.75, 3.05) is 39.3 Å². The highest BCUT2D eigenvalue weighted by atomic mass is 15.3. The summed E-state index contributed by atoms with van der Waals surface area (Å²) in [6.45, 7) is 14.5.